The van der Waals surface area contributed by atoms with Gasteiger partial charge in [-0.2, -0.15) is 0 Å². The van der Waals surface area contributed by atoms with Gasteiger partial charge in [-0.1, -0.05) is 35.4 Å². The van der Waals surface area contributed by atoms with Crippen LogP contribution in [0.5, 0.6) is 0 Å². The fourth-order valence-electron chi connectivity index (χ4n) is 2.28. The van der Waals surface area contributed by atoms with Gasteiger partial charge in [0.15, 0.2) is 0 Å². The molecule has 0 aliphatic rings. The molecule has 0 fully saturated rings. The van der Waals surface area contributed by atoms with Crippen molar-refractivity contribution in [3.8, 4) is 0 Å². The number of hydrogen-bond acceptors (Lipinski definition) is 4. The molecule has 2 aromatic carbocycles. The van der Waals surface area contributed by atoms with Gasteiger partial charge in [-0.25, -0.2) is 13.4 Å². The molecule has 0 radical (unpaired) electrons. The smallest absolute Gasteiger partial charge is 0.261 e. The fourth-order valence-corrected chi connectivity index (χ4v) is 3.50. The van der Waals surface area contributed by atoms with Crippen LogP contribution in [0.1, 0.15) is 11.1 Å². The van der Waals surface area contributed by atoms with Crippen molar-refractivity contribution >= 4 is 38.8 Å². The quantitative estimate of drug-likeness (QED) is 0.653. The van der Waals surface area contributed by atoms with E-state index in [-0.39, 0.29) is 4.90 Å². The maximum Gasteiger partial charge on any atom is 0.261 e. The number of sulfonamides is 1. The lowest BCUT2D eigenvalue weighted by Gasteiger charge is -2.10. The summed E-state index contributed by atoms with van der Waals surface area (Å²) in [5.41, 5.74) is 3.18. The molecule has 0 bridgehead atoms. The summed E-state index contributed by atoms with van der Waals surface area (Å²) in [6, 6.07) is 15.6. The Morgan fingerprint density at radius 3 is 2.23 bits per heavy atom. The molecule has 0 saturated heterocycles. The molecule has 0 aliphatic heterocycles. The minimum atomic E-state index is -3.64. The first-order valence-corrected chi connectivity index (χ1v) is 9.78. The Balaban J connectivity index is 1.73. The van der Waals surface area contributed by atoms with Crippen LogP contribution in [0, 0.1) is 13.8 Å². The Kier molecular flexibility index (Phi) is 5.15. The lowest BCUT2D eigenvalue weighted by Crippen LogP contribution is -2.13. The molecule has 0 aliphatic carbocycles. The third-order valence-electron chi connectivity index (χ3n) is 3.79. The third kappa shape index (κ3) is 4.33. The molecule has 0 saturated carbocycles. The van der Waals surface area contributed by atoms with Gasteiger partial charge in [0.05, 0.1) is 16.8 Å². The van der Waals surface area contributed by atoms with Gasteiger partial charge >= 0.3 is 0 Å². The number of nitrogens with zero attached hydrogens (tertiary/aromatic N) is 1. The van der Waals surface area contributed by atoms with E-state index in [2.05, 4.69) is 15.0 Å². The fraction of sp³-hybridized carbons (Fsp3) is 0.105. The number of aryl methyl sites for hydroxylation is 2. The van der Waals surface area contributed by atoms with E-state index < -0.39 is 10.0 Å². The van der Waals surface area contributed by atoms with Crippen molar-refractivity contribution in [2.24, 2.45) is 0 Å². The molecule has 0 unspecified atom stereocenters. The van der Waals surface area contributed by atoms with Crippen molar-refractivity contribution in [1.82, 2.24) is 4.98 Å². The minimum absolute atomic E-state index is 0.208. The van der Waals surface area contributed by atoms with E-state index in [0.29, 0.717) is 16.5 Å². The number of halogens is 1. The predicted octanol–water partition coefficient (Wildman–Crippen LogP) is 4.90. The molecular formula is C19H18ClN3O2S. The van der Waals surface area contributed by atoms with Crippen LogP contribution in [-0.2, 0) is 10.0 Å². The van der Waals surface area contributed by atoms with Crippen LogP contribution in [0.4, 0.5) is 17.2 Å². The van der Waals surface area contributed by atoms with Crippen LogP contribution in [0.2, 0.25) is 5.02 Å². The molecule has 134 valence electrons. The van der Waals surface area contributed by atoms with Crippen molar-refractivity contribution < 1.29 is 8.42 Å². The summed E-state index contributed by atoms with van der Waals surface area (Å²) in [4.78, 5) is 4.44. The summed E-state index contributed by atoms with van der Waals surface area (Å²) >= 11 is 6.11. The van der Waals surface area contributed by atoms with Gasteiger partial charge in [0.1, 0.15) is 5.82 Å². The molecule has 3 aromatic rings. The van der Waals surface area contributed by atoms with Crippen LogP contribution < -0.4 is 10.0 Å². The first-order valence-electron chi connectivity index (χ1n) is 7.92. The van der Waals surface area contributed by atoms with Gasteiger partial charge < -0.3 is 5.32 Å². The number of pyridine rings is 1. The number of rotatable bonds is 5. The topological polar surface area (TPSA) is 71.1 Å². The van der Waals surface area contributed by atoms with E-state index in [1.165, 1.54) is 6.20 Å². The summed E-state index contributed by atoms with van der Waals surface area (Å²) in [5.74, 6) is 0.586. The van der Waals surface area contributed by atoms with Crippen LogP contribution in [-0.4, -0.2) is 13.4 Å². The summed E-state index contributed by atoms with van der Waals surface area (Å²) in [6.07, 6.45) is 1.46. The molecule has 5 nitrogen and oxygen atoms in total. The molecule has 0 spiro atoms. The van der Waals surface area contributed by atoms with Crippen molar-refractivity contribution in [3.05, 3.63) is 76.9 Å². The zero-order valence-electron chi connectivity index (χ0n) is 14.3. The molecule has 1 aromatic heterocycles. The zero-order valence-corrected chi connectivity index (χ0v) is 15.9. The van der Waals surface area contributed by atoms with Crippen molar-refractivity contribution in [2.45, 2.75) is 18.7 Å². The van der Waals surface area contributed by atoms with Gasteiger partial charge in [0, 0.05) is 10.7 Å². The monoisotopic (exact) mass is 387 g/mol. The second-order valence-corrected chi connectivity index (χ2v) is 8.03. The number of nitrogens with one attached hydrogen (secondary N) is 2. The van der Waals surface area contributed by atoms with Gasteiger partial charge in [-0.05, 0) is 55.8 Å². The van der Waals surface area contributed by atoms with E-state index in [1.54, 1.807) is 36.4 Å². The van der Waals surface area contributed by atoms with Gasteiger partial charge in [-0.15, -0.1) is 0 Å². The predicted molar refractivity (Wildman–Crippen MR) is 106 cm³/mol. The van der Waals surface area contributed by atoms with Gasteiger partial charge in [0.2, 0.25) is 0 Å². The van der Waals surface area contributed by atoms with Crippen molar-refractivity contribution in [2.75, 3.05) is 10.0 Å². The van der Waals surface area contributed by atoms with Gasteiger partial charge in [0.25, 0.3) is 10.0 Å². The SMILES string of the molecule is Cc1ccc(S(=O)(=O)Nc2ccc(Nc3ccc(C)c(Cl)c3)nc2)cc1. The maximum absolute atomic E-state index is 12.4. The lowest BCUT2D eigenvalue weighted by atomic mass is 10.2. The normalized spacial score (nSPS) is 11.2. The Morgan fingerprint density at radius 1 is 0.923 bits per heavy atom. The highest BCUT2D eigenvalue weighted by Crippen LogP contribution is 2.23. The van der Waals surface area contributed by atoms with E-state index in [4.69, 9.17) is 11.6 Å². The Bertz CT molecular complexity index is 1020. The molecule has 3 rings (SSSR count). The van der Waals surface area contributed by atoms with Crippen LogP contribution in [0.3, 0.4) is 0 Å². The average Bonchev–Trinajstić information content (AvgIpc) is 2.60. The van der Waals surface area contributed by atoms with E-state index in [1.807, 2.05) is 32.0 Å². The van der Waals surface area contributed by atoms with Gasteiger partial charge in [-0.3, -0.25) is 4.72 Å². The Labute approximate surface area is 158 Å². The van der Waals surface area contributed by atoms with E-state index in [0.717, 1.165) is 16.8 Å². The summed E-state index contributed by atoms with van der Waals surface area (Å²) < 4.78 is 27.3. The van der Waals surface area contributed by atoms with Crippen molar-refractivity contribution in [1.29, 1.82) is 0 Å². The lowest BCUT2D eigenvalue weighted by molar-refractivity contribution is 0.601. The molecule has 7 heteroatoms. The molecule has 0 amide bonds. The largest absolute Gasteiger partial charge is 0.340 e. The molecule has 26 heavy (non-hydrogen) atoms. The van der Waals surface area contributed by atoms with Crippen molar-refractivity contribution in [3.63, 3.8) is 0 Å². The number of hydrogen-bond donors (Lipinski definition) is 2. The molecular weight excluding hydrogens is 370 g/mol. The molecule has 1 heterocycles. The standard InChI is InChI=1S/C19H18ClN3O2S/c1-13-3-8-17(9-4-13)26(24,25)23-16-7-10-19(21-12-16)22-15-6-5-14(2)18(20)11-15/h3-12,23H,1-2H3,(H,21,22). The Hall–Kier alpha value is -2.57. The highest BCUT2D eigenvalue weighted by atomic mass is 35.5. The molecule has 2 N–H and O–H groups in total. The summed E-state index contributed by atoms with van der Waals surface area (Å²) in [5, 5.41) is 3.79. The Morgan fingerprint density at radius 2 is 1.62 bits per heavy atom. The van der Waals surface area contributed by atoms with E-state index in [9.17, 15) is 8.42 Å². The first-order chi connectivity index (χ1) is 12.3. The highest BCUT2D eigenvalue weighted by molar-refractivity contribution is 7.92. The molecule has 0 atom stereocenters. The highest BCUT2D eigenvalue weighted by Gasteiger charge is 2.14. The van der Waals surface area contributed by atoms with Crippen LogP contribution in [0.25, 0.3) is 0 Å². The number of aromatic nitrogens is 1. The summed E-state index contributed by atoms with van der Waals surface area (Å²) in [7, 11) is -3.64. The maximum atomic E-state index is 12.4. The second kappa shape index (κ2) is 7.35. The summed E-state index contributed by atoms with van der Waals surface area (Å²) in [6.45, 7) is 3.83. The third-order valence-corrected chi connectivity index (χ3v) is 5.60. The zero-order chi connectivity index (χ0) is 18.7. The number of anilines is 3. The number of benzene rings is 2. The second-order valence-electron chi connectivity index (χ2n) is 5.94. The van der Waals surface area contributed by atoms with E-state index >= 15 is 0 Å². The van der Waals surface area contributed by atoms with Crippen LogP contribution >= 0.6 is 11.6 Å². The van der Waals surface area contributed by atoms with Crippen LogP contribution in [0.15, 0.2) is 65.7 Å². The minimum Gasteiger partial charge on any atom is -0.340 e. The first kappa shape index (κ1) is 18.2. The average molecular weight is 388 g/mol.